The minimum absolute atomic E-state index is 0.160. The third-order valence-electron chi connectivity index (χ3n) is 3.35. The first-order valence-electron chi connectivity index (χ1n) is 7.45. The number of hydrogen-bond acceptors (Lipinski definition) is 4. The van der Waals surface area contributed by atoms with Gasteiger partial charge in [0, 0.05) is 0 Å². The Kier molecular flexibility index (Phi) is 5.53. The van der Waals surface area contributed by atoms with Gasteiger partial charge in [0.2, 0.25) is 0 Å². The molecule has 0 bridgehead atoms. The summed E-state index contributed by atoms with van der Waals surface area (Å²) >= 11 is 0. The van der Waals surface area contributed by atoms with Crippen molar-refractivity contribution in [2.45, 2.75) is 26.7 Å². The van der Waals surface area contributed by atoms with E-state index >= 15 is 0 Å². The largest absolute Gasteiger partial charge is 0.466 e. The van der Waals surface area contributed by atoms with Gasteiger partial charge < -0.3 is 9.47 Å². The van der Waals surface area contributed by atoms with Crippen LogP contribution in [0, 0.1) is 0 Å². The summed E-state index contributed by atoms with van der Waals surface area (Å²) in [5.41, 5.74) is 1.62. The van der Waals surface area contributed by atoms with E-state index < -0.39 is 0 Å². The molecule has 0 unspecified atom stereocenters. The van der Waals surface area contributed by atoms with Crippen LogP contribution in [0.1, 0.15) is 25.0 Å². The molecule has 2 aromatic carbocycles. The molecule has 4 nitrogen and oxygen atoms in total. The summed E-state index contributed by atoms with van der Waals surface area (Å²) in [6.07, 6.45) is 0.320. The maximum absolute atomic E-state index is 11.8. The summed E-state index contributed by atoms with van der Waals surface area (Å²) < 4.78 is 10.0. The Morgan fingerprint density at radius 2 is 1.23 bits per heavy atom. The lowest BCUT2D eigenvalue weighted by Gasteiger charge is -2.11. The SMILES string of the molecule is CCOC(=O)Cc1cc2ccccc2cc1CC(=O)OCC. The zero-order chi connectivity index (χ0) is 15.9. The normalized spacial score (nSPS) is 10.5. The highest BCUT2D eigenvalue weighted by Crippen LogP contribution is 2.22. The Labute approximate surface area is 130 Å². The molecule has 0 fully saturated rings. The maximum Gasteiger partial charge on any atom is 0.310 e. The number of fused-ring (bicyclic) bond motifs is 1. The Bertz CT molecular complexity index is 617. The first-order valence-corrected chi connectivity index (χ1v) is 7.45. The summed E-state index contributed by atoms with van der Waals surface area (Å²) in [7, 11) is 0. The first-order chi connectivity index (χ1) is 10.6. The molecular formula is C18H20O4. The highest BCUT2D eigenvalue weighted by Gasteiger charge is 2.14. The molecule has 4 heteroatoms. The fourth-order valence-corrected chi connectivity index (χ4v) is 2.40. The average molecular weight is 300 g/mol. The zero-order valence-corrected chi connectivity index (χ0v) is 12.9. The molecule has 0 aliphatic rings. The van der Waals surface area contributed by atoms with Crippen molar-refractivity contribution >= 4 is 22.7 Å². The van der Waals surface area contributed by atoms with E-state index in [0.29, 0.717) is 13.2 Å². The summed E-state index contributed by atoms with van der Waals surface area (Å²) in [5, 5.41) is 2.07. The molecule has 0 heterocycles. The van der Waals surface area contributed by atoms with Crippen LogP contribution in [0.15, 0.2) is 36.4 Å². The van der Waals surface area contributed by atoms with Gasteiger partial charge in [0.15, 0.2) is 0 Å². The van der Waals surface area contributed by atoms with Crippen LogP contribution in [0.3, 0.4) is 0 Å². The number of ether oxygens (including phenoxy) is 2. The van der Waals surface area contributed by atoms with Crippen molar-refractivity contribution in [2.75, 3.05) is 13.2 Å². The van der Waals surface area contributed by atoms with Gasteiger partial charge in [-0.05, 0) is 35.7 Å². The van der Waals surface area contributed by atoms with E-state index in [4.69, 9.17) is 9.47 Å². The lowest BCUT2D eigenvalue weighted by Crippen LogP contribution is -2.13. The van der Waals surface area contributed by atoms with Gasteiger partial charge in [0.1, 0.15) is 0 Å². The zero-order valence-electron chi connectivity index (χ0n) is 12.9. The van der Waals surface area contributed by atoms with Crippen LogP contribution < -0.4 is 0 Å². The Morgan fingerprint density at radius 3 is 1.59 bits per heavy atom. The van der Waals surface area contributed by atoms with Crippen LogP contribution in [-0.2, 0) is 31.9 Å². The maximum atomic E-state index is 11.8. The van der Waals surface area contributed by atoms with E-state index in [9.17, 15) is 9.59 Å². The van der Waals surface area contributed by atoms with Gasteiger partial charge in [0.05, 0.1) is 26.1 Å². The lowest BCUT2D eigenvalue weighted by atomic mass is 9.97. The lowest BCUT2D eigenvalue weighted by molar-refractivity contribution is -0.143. The summed E-state index contributed by atoms with van der Waals surface area (Å²) in [5.74, 6) is -0.578. The molecule has 0 N–H and O–H groups in total. The van der Waals surface area contributed by atoms with Crippen LogP contribution in [0.5, 0.6) is 0 Å². The van der Waals surface area contributed by atoms with Gasteiger partial charge in [0.25, 0.3) is 0 Å². The second kappa shape index (κ2) is 7.59. The smallest absolute Gasteiger partial charge is 0.310 e. The van der Waals surface area contributed by atoms with Crippen molar-refractivity contribution in [1.82, 2.24) is 0 Å². The second-order valence-corrected chi connectivity index (χ2v) is 4.93. The van der Waals surface area contributed by atoms with Crippen LogP contribution >= 0.6 is 0 Å². The van der Waals surface area contributed by atoms with Crippen molar-refractivity contribution in [3.63, 3.8) is 0 Å². The van der Waals surface area contributed by atoms with E-state index in [2.05, 4.69) is 0 Å². The van der Waals surface area contributed by atoms with Crippen LogP contribution in [0.2, 0.25) is 0 Å². The highest BCUT2D eigenvalue weighted by molar-refractivity contribution is 5.87. The molecule has 0 spiro atoms. The quantitative estimate of drug-likeness (QED) is 0.769. The third-order valence-corrected chi connectivity index (χ3v) is 3.35. The first kappa shape index (κ1) is 16.0. The number of benzene rings is 2. The third kappa shape index (κ3) is 4.07. The van der Waals surface area contributed by atoms with Crippen LogP contribution in [0.4, 0.5) is 0 Å². The molecule has 2 aromatic rings. The second-order valence-electron chi connectivity index (χ2n) is 4.93. The van der Waals surface area contributed by atoms with Gasteiger partial charge in [-0.3, -0.25) is 9.59 Å². The molecule has 0 saturated carbocycles. The van der Waals surface area contributed by atoms with Gasteiger partial charge in [-0.15, -0.1) is 0 Å². The van der Waals surface area contributed by atoms with Gasteiger partial charge in [-0.25, -0.2) is 0 Å². The minimum atomic E-state index is -0.289. The molecule has 22 heavy (non-hydrogen) atoms. The predicted octanol–water partition coefficient (Wildman–Crippen LogP) is 3.05. The monoisotopic (exact) mass is 300 g/mol. The standard InChI is InChI=1S/C18H20O4/c1-3-21-17(19)11-15-9-13-7-5-6-8-14(13)10-16(15)12-18(20)22-4-2/h5-10H,3-4,11-12H2,1-2H3. The fraction of sp³-hybridized carbons (Fsp3) is 0.333. The molecule has 0 atom stereocenters. The molecule has 116 valence electrons. The van der Waals surface area contributed by atoms with E-state index in [1.165, 1.54) is 0 Å². The Balaban J connectivity index is 2.36. The number of rotatable bonds is 6. The average Bonchev–Trinajstić information content (AvgIpc) is 2.48. The molecule has 0 saturated heterocycles. The van der Waals surface area contributed by atoms with E-state index in [1.54, 1.807) is 13.8 Å². The van der Waals surface area contributed by atoms with Crippen molar-refractivity contribution < 1.29 is 19.1 Å². The summed E-state index contributed by atoms with van der Waals surface area (Å²) in [6.45, 7) is 4.24. The molecule has 2 rings (SSSR count). The molecule has 0 aliphatic carbocycles. The van der Waals surface area contributed by atoms with E-state index in [1.807, 2.05) is 36.4 Å². The van der Waals surface area contributed by atoms with Crippen molar-refractivity contribution in [2.24, 2.45) is 0 Å². The number of carbonyl (C=O) groups is 2. The van der Waals surface area contributed by atoms with Crippen molar-refractivity contribution in [1.29, 1.82) is 0 Å². The van der Waals surface area contributed by atoms with E-state index in [-0.39, 0.29) is 24.8 Å². The van der Waals surface area contributed by atoms with E-state index in [0.717, 1.165) is 21.9 Å². The van der Waals surface area contributed by atoms with Gasteiger partial charge in [-0.2, -0.15) is 0 Å². The topological polar surface area (TPSA) is 52.6 Å². The van der Waals surface area contributed by atoms with Gasteiger partial charge >= 0.3 is 11.9 Å². The highest BCUT2D eigenvalue weighted by atomic mass is 16.5. The molecule has 0 radical (unpaired) electrons. The number of carbonyl (C=O) groups excluding carboxylic acids is 2. The summed E-state index contributed by atoms with van der Waals surface area (Å²) in [6, 6.07) is 11.8. The number of hydrogen-bond donors (Lipinski definition) is 0. The van der Waals surface area contributed by atoms with Crippen molar-refractivity contribution in [3.05, 3.63) is 47.5 Å². The number of esters is 2. The van der Waals surface area contributed by atoms with Crippen LogP contribution in [0.25, 0.3) is 10.8 Å². The van der Waals surface area contributed by atoms with Crippen LogP contribution in [-0.4, -0.2) is 25.2 Å². The molecule has 0 aromatic heterocycles. The molecular weight excluding hydrogens is 280 g/mol. The summed E-state index contributed by atoms with van der Waals surface area (Å²) in [4.78, 5) is 23.5. The Hall–Kier alpha value is -2.36. The fourth-order valence-electron chi connectivity index (χ4n) is 2.40. The molecule has 0 amide bonds. The molecule has 0 aliphatic heterocycles. The van der Waals surface area contributed by atoms with Crippen molar-refractivity contribution in [3.8, 4) is 0 Å². The Morgan fingerprint density at radius 1 is 0.818 bits per heavy atom. The van der Waals surface area contributed by atoms with Gasteiger partial charge in [-0.1, -0.05) is 36.4 Å². The predicted molar refractivity (Wildman–Crippen MR) is 84.6 cm³/mol. The minimum Gasteiger partial charge on any atom is -0.466 e.